The van der Waals surface area contributed by atoms with Gasteiger partial charge in [0.15, 0.2) is 5.82 Å². The number of hydrogen-bond acceptors (Lipinski definition) is 6. The number of aromatic nitrogens is 2. The monoisotopic (exact) mass is 234 g/mol. The van der Waals surface area contributed by atoms with Crippen molar-refractivity contribution in [3.63, 3.8) is 0 Å². The van der Waals surface area contributed by atoms with Crippen molar-refractivity contribution in [2.75, 3.05) is 0 Å². The molecule has 1 atom stereocenters. The van der Waals surface area contributed by atoms with Crippen molar-refractivity contribution in [2.24, 2.45) is 11.5 Å². The third kappa shape index (κ3) is 2.80. The van der Waals surface area contributed by atoms with Gasteiger partial charge >= 0.3 is 0 Å². The first-order valence-corrected chi connectivity index (χ1v) is 5.25. The number of nitrogens with zero attached hydrogens (tertiary/aromatic N) is 2. The molecule has 6 nitrogen and oxygen atoms in total. The molecule has 0 saturated carbocycles. The number of phenolic OH excluding ortho intramolecular Hbond substituents is 1. The number of nitrogens with two attached hydrogens (primary N) is 2. The zero-order chi connectivity index (χ0) is 12.3. The van der Waals surface area contributed by atoms with Crippen molar-refractivity contribution >= 4 is 0 Å². The summed E-state index contributed by atoms with van der Waals surface area (Å²) in [6, 6.07) is 6.49. The smallest absolute Gasteiger partial charge is 0.240 e. The normalized spacial score (nSPS) is 12.6. The van der Waals surface area contributed by atoms with Crippen LogP contribution in [-0.2, 0) is 13.0 Å². The molecule has 0 aliphatic heterocycles. The van der Waals surface area contributed by atoms with Gasteiger partial charge in [0.25, 0.3) is 0 Å². The van der Waals surface area contributed by atoms with Crippen molar-refractivity contribution in [1.82, 2.24) is 10.1 Å². The van der Waals surface area contributed by atoms with Gasteiger partial charge in [-0.15, -0.1) is 0 Å². The van der Waals surface area contributed by atoms with Crippen LogP contribution in [0.15, 0.2) is 28.8 Å². The van der Waals surface area contributed by atoms with Crippen LogP contribution in [0.5, 0.6) is 5.75 Å². The van der Waals surface area contributed by atoms with Crippen molar-refractivity contribution < 1.29 is 9.63 Å². The molecule has 5 N–H and O–H groups in total. The van der Waals surface area contributed by atoms with Crippen LogP contribution in [0.1, 0.15) is 23.3 Å². The van der Waals surface area contributed by atoms with Crippen LogP contribution in [0.4, 0.5) is 0 Å². The molecule has 0 radical (unpaired) electrons. The lowest BCUT2D eigenvalue weighted by atomic mass is 10.1. The Morgan fingerprint density at radius 3 is 2.59 bits per heavy atom. The summed E-state index contributed by atoms with van der Waals surface area (Å²) < 4.78 is 4.89. The van der Waals surface area contributed by atoms with Crippen LogP contribution in [0.3, 0.4) is 0 Å². The molecule has 90 valence electrons. The summed E-state index contributed by atoms with van der Waals surface area (Å²) in [5.41, 5.74) is 12.3. The summed E-state index contributed by atoms with van der Waals surface area (Å²) in [5, 5.41) is 12.9. The van der Waals surface area contributed by atoms with Gasteiger partial charge in [0, 0.05) is 0 Å². The molecule has 1 aromatic carbocycles. The van der Waals surface area contributed by atoms with Crippen LogP contribution < -0.4 is 11.5 Å². The largest absolute Gasteiger partial charge is 0.508 e. The predicted octanol–water partition coefficient (Wildman–Crippen LogP) is 0.476. The van der Waals surface area contributed by atoms with E-state index in [0.717, 1.165) is 5.56 Å². The maximum atomic E-state index is 9.16. The molecule has 0 fully saturated rings. The average molecular weight is 234 g/mol. The van der Waals surface area contributed by atoms with E-state index < -0.39 is 0 Å². The molecule has 2 aromatic rings. The molecule has 0 aliphatic carbocycles. The van der Waals surface area contributed by atoms with Crippen molar-refractivity contribution in [1.29, 1.82) is 0 Å². The molecule has 6 heteroatoms. The first-order chi connectivity index (χ1) is 8.19. The molecule has 0 bridgehead atoms. The van der Waals surface area contributed by atoms with Gasteiger partial charge in [-0.25, -0.2) is 0 Å². The minimum atomic E-state index is -0.344. The SMILES string of the molecule is NCc1nc(C(N)Cc2ccc(O)cc2)no1. The fourth-order valence-corrected chi connectivity index (χ4v) is 1.48. The average Bonchev–Trinajstić information content (AvgIpc) is 2.81. The maximum absolute atomic E-state index is 9.16. The standard InChI is InChI=1S/C11H14N4O2/c12-6-10-14-11(15-17-10)9(13)5-7-1-3-8(16)4-2-7/h1-4,9,16H,5-6,12-13H2. The molecule has 0 saturated heterocycles. The number of benzene rings is 1. The second kappa shape index (κ2) is 4.94. The quantitative estimate of drug-likeness (QED) is 0.709. The van der Waals surface area contributed by atoms with Crippen LogP contribution in [0.2, 0.25) is 0 Å². The zero-order valence-electron chi connectivity index (χ0n) is 9.21. The molecule has 0 spiro atoms. The van der Waals surface area contributed by atoms with E-state index >= 15 is 0 Å². The summed E-state index contributed by atoms with van der Waals surface area (Å²) >= 11 is 0. The van der Waals surface area contributed by atoms with Gasteiger partial charge in [-0.05, 0) is 24.1 Å². The molecule has 0 aliphatic rings. The Morgan fingerprint density at radius 2 is 2.00 bits per heavy atom. The third-order valence-corrected chi connectivity index (χ3v) is 2.38. The first-order valence-electron chi connectivity index (χ1n) is 5.25. The lowest BCUT2D eigenvalue weighted by molar-refractivity contribution is 0.371. The summed E-state index contributed by atoms with van der Waals surface area (Å²) in [5.74, 6) is 1.05. The van der Waals surface area contributed by atoms with E-state index in [1.54, 1.807) is 24.3 Å². The highest BCUT2D eigenvalue weighted by molar-refractivity contribution is 5.26. The number of aromatic hydroxyl groups is 1. The van der Waals surface area contributed by atoms with Crippen LogP contribution in [0, 0.1) is 0 Å². The van der Waals surface area contributed by atoms with Crippen LogP contribution >= 0.6 is 0 Å². The van der Waals surface area contributed by atoms with Gasteiger partial charge in [0.05, 0.1) is 12.6 Å². The van der Waals surface area contributed by atoms with E-state index in [9.17, 15) is 0 Å². The summed E-state index contributed by atoms with van der Waals surface area (Å²) in [6.45, 7) is 0.207. The molecule has 0 amide bonds. The van der Waals surface area contributed by atoms with E-state index in [2.05, 4.69) is 10.1 Å². The van der Waals surface area contributed by atoms with E-state index in [-0.39, 0.29) is 18.3 Å². The van der Waals surface area contributed by atoms with Crippen molar-refractivity contribution in [3.8, 4) is 5.75 Å². The van der Waals surface area contributed by atoms with E-state index in [0.29, 0.717) is 18.1 Å². The Morgan fingerprint density at radius 1 is 1.29 bits per heavy atom. The van der Waals surface area contributed by atoms with Crippen LogP contribution in [0.25, 0.3) is 0 Å². The lowest BCUT2D eigenvalue weighted by Crippen LogP contribution is -2.15. The minimum Gasteiger partial charge on any atom is -0.508 e. The Kier molecular flexibility index (Phi) is 3.36. The lowest BCUT2D eigenvalue weighted by Gasteiger charge is -2.06. The number of hydrogen-bond donors (Lipinski definition) is 3. The summed E-state index contributed by atoms with van der Waals surface area (Å²) in [4.78, 5) is 4.07. The molecule has 1 heterocycles. The topological polar surface area (TPSA) is 111 Å². The van der Waals surface area contributed by atoms with Crippen molar-refractivity contribution in [3.05, 3.63) is 41.5 Å². The van der Waals surface area contributed by atoms with E-state index in [1.807, 2.05) is 0 Å². The van der Waals surface area contributed by atoms with Gasteiger partial charge in [0.2, 0.25) is 5.89 Å². The highest BCUT2D eigenvalue weighted by Gasteiger charge is 2.14. The van der Waals surface area contributed by atoms with Gasteiger partial charge in [-0.2, -0.15) is 4.98 Å². The van der Waals surface area contributed by atoms with E-state index in [4.69, 9.17) is 21.1 Å². The number of phenols is 1. The molecular weight excluding hydrogens is 220 g/mol. The minimum absolute atomic E-state index is 0.207. The van der Waals surface area contributed by atoms with Crippen molar-refractivity contribution in [2.45, 2.75) is 19.0 Å². The molecule has 2 rings (SSSR count). The number of rotatable bonds is 4. The zero-order valence-corrected chi connectivity index (χ0v) is 9.21. The fourth-order valence-electron chi connectivity index (χ4n) is 1.48. The first kappa shape index (κ1) is 11.6. The Bertz CT molecular complexity index is 480. The Hall–Kier alpha value is -1.92. The Labute approximate surface area is 98.2 Å². The summed E-state index contributed by atoms with van der Waals surface area (Å²) in [7, 11) is 0. The fraction of sp³-hybridized carbons (Fsp3) is 0.273. The third-order valence-electron chi connectivity index (χ3n) is 2.38. The summed E-state index contributed by atoms with van der Waals surface area (Å²) in [6.07, 6.45) is 0.573. The second-order valence-electron chi connectivity index (χ2n) is 3.73. The van der Waals surface area contributed by atoms with Gasteiger partial charge < -0.3 is 21.1 Å². The molecular formula is C11H14N4O2. The van der Waals surface area contributed by atoms with Crippen LogP contribution in [-0.4, -0.2) is 15.2 Å². The Balaban J connectivity index is 2.05. The van der Waals surface area contributed by atoms with Gasteiger partial charge in [-0.3, -0.25) is 0 Å². The maximum Gasteiger partial charge on any atom is 0.240 e. The molecule has 1 aromatic heterocycles. The second-order valence-corrected chi connectivity index (χ2v) is 3.73. The van der Waals surface area contributed by atoms with E-state index in [1.165, 1.54) is 0 Å². The highest BCUT2D eigenvalue weighted by atomic mass is 16.5. The van der Waals surface area contributed by atoms with Gasteiger partial charge in [-0.1, -0.05) is 17.3 Å². The van der Waals surface area contributed by atoms with Gasteiger partial charge in [0.1, 0.15) is 5.75 Å². The predicted molar refractivity (Wildman–Crippen MR) is 60.9 cm³/mol. The molecule has 17 heavy (non-hydrogen) atoms. The molecule has 1 unspecified atom stereocenters. The highest BCUT2D eigenvalue weighted by Crippen LogP contribution is 2.16.